The highest BCUT2D eigenvalue weighted by Gasteiger charge is 2.36. The van der Waals surface area contributed by atoms with Crippen molar-refractivity contribution in [2.75, 3.05) is 11.9 Å². The summed E-state index contributed by atoms with van der Waals surface area (Å²) in [6, 6.07) is 9.60. The Bertz CT molecular complexity index is 466. The summed E-state index contributed by atoms with van der Waals surface area (Å²) in [5, 5.41) is 3.17. The minimum absolute atomic E-state index is 0.0750. The van der Waals surface area contributed by atoms with Crippen LogP contribution < -0.4 is 5.32 Å². The summed E-state index contributed by atoms with van der Waals surface area (Å²) in [7, 11) is -1.67. The van der Waals surface area contributed by atoms with Gasteiger partial charge in [-0.05, 0) is 42.6 Å². The molecule has 4 heteroatoms. The lowest BCUT2D eigenvalue weighted by molar-refractivity contribution is -0.117. The minimum atomic E-state index is -1.67. The number of carbonyl (C=O) groups excluding carboxylic acids is 1. The molecule has 0 heterocycles. The number of hydrogen-bond acceptors (Lipinski definition) is 2. The van der Waals surface area contributed by atoms with Crippen LogP contribution in [0.3, 0.4) is 0 Å². The van der Waals surface area contributed by atoms with Crippen molar-refractivity contribution in [1.29, 1.82) is 0 Å². The summed E-state index contributed by atoms with van der Waals surface area (Å²) in [6.07, 6.45) is 1.46. The Labute approximate surface area is 136 Å². The van der Waals surface area contributed by atoms with Crippen LogP contribution in [0.2, 0.25) is 18.1 Å². The fraction of sp³-hybridized carbons (Fsp3) is 0.611. The molecule has 1 aromatic carbocycles. The molecule has 0 fully saturated rings. The fourth-order valence-corrected chi connectivity index (χ4v) is 2.95. The van der Waals surface area contributed by atoms with Gasteiger partial charge in [0.2, 0.25) is 5.91 Å². The molecule has 1 unspecified atom stereocenters. The van der Waals surface area contributed by atoms with E-state index in [-0.39, 0.29) is 10.9 Å². The van der Waals surface area contributed by atoms with Crippen LogP contribution in [0.4, 0.5) is 5.69 Å². The van der Waals surface area contributed by atoms with Crippen LogP contribution in [0, 0.1) is 5.92 Å². The highest BCUT2D eigenvalue weighted by Crippen LogP contribution is 2.36. The van der Waals surface area contributed by atoms with Crippen molar-refractivity contribution in [2.24, 2.45) is 5.92 Å². The van der Waals surface area contributed by atoms with Crippen LogP contribution in [0.5, 0.6) is 0 Å². The molecule has 0 saturated carbocycles. The first-order valence-electron chi connectivity index (χ1n) is 8.11. The first-order chi connectivity index (χ1) is 10.1. The fourth-order valence-electron chi connectivity index (χ4n) is 1.88. The van der Waals surface area contributed by atoms with Crippen LogP contribution >= 0.6 is 0 Å². The molecule has 1 amide bonds. The molecule has 124 valence electrons. The molecule has 0 radical (unpaired) electrons. The molecule has 0 aromatic heterocycles. The summed E-state index contributed by atoms with van der Waals surface area (Å²) >= 11 is 0. The average molecular weight is 322 g/mol. The first kappa shape index (κ1) is 18.9. The Hall–Kier alpha value is -1.13. The third-order valence-corrected chi connectivity index (χ3v) is 9.01. The summed E-state index contributed by atoms with van der Waals surface area (Å²) in [6.45, 7) is 14.1. The van der Waals surface area contributed by atoms with Gasteiger partial charge in [-0.15, -0.1) is 0 Å². The van der Waals surface area contributed by atoms with E-state index in [4.69, 9.17) is 4.43 Å². The number of hydrogen-bond donors (Lipinski definition) is 1. The minimum Gasteiger partial charge on any atom is -0.417 e. The number of rotatable bonds is 7. The molecule has 0 aliphatic carbocycles. The summed E-state index contributed by atoms with van der Waals surface area (Å²) in [4.78, 5) is 12.0. The van der Waals surface area contributed by atoms with Crippen molar-refractivity contribution in [3.05, 3.63) is 30.3 Å². The Morgan fingerprint density at radius 2 is 1.82 bits per heavy atom. The van der Waals surface area contributed by atoms with Crippen LogP contribution in [-0.2, 0) is 9.22 Å². The van der Waals surface area contributed by atoms with Crippen molar-refractivity contribution < 1.29 is 9.22 Å². The normalized spacial score (nSPS) is 13.7. The Morgan fingerprint density at radius 1 is 1.23 bits per heavy atom. The number of anilines is 1. The highest BCUT2D eigenvalue weighted by atomic mass is 28.4. The molecule has 0 saturated heterocycles. The maximum absolute atomic E-state index is 12.0. The van der Waals surface area contributed by atoms with E-state index in [0.29, 0.717) is 12.3 Å². The Kier molecular flexibility index (Phi) is 6.82. The number of para-hydroxylation sites is 1. The van der Waals surface area contributed by atoms with Gasteiger partial charge in [-0.2, -0.15) is 0 Å². The highest BCUT2D eigenvalue weighted by molar-refractivity contribution is 6.74. The molecular weight excluding hydrogens is 290 g/mol. The van der Waals surface area contributed by atoms with Crippen LogP contribution in [0.25, 0.3) is 0 Å². The SMILES string of the molecule is CC(CCO[Si](C)(C)C(C)(C)C)CC(=O)Nc1ccccc1. The largest absolute Gasteiger partial charge is 0.417 e. The second-order valence-electron chi connectivity index (χ2n) is 7.62. The second-order valence-corrected chi connectivity index (χ2v) is 12.4. The molecule has 1 atom stereocenters. The molecule has 1 N–H and O–H groups in total. The van der Waals surface area contributed by atoms with Crippen molar-refractivity contribution in [3.63, 3.8) is 0 Å². The zero-order valence-corrected chi connectivity index (χ0v) is 15.9. The van der Waals surface area contributed by atoms with Gasteiger partial charge in [0.15, 0.2) is 8.32 Å². The molecule has 22 heavy (non-hydrogen) atoms. The van der Waals surface area contributed by atoms with Crippen LogP contribution in [0.15, 0.2) is 30.3 Å². The number of benzene rings is 1. The maximum atomic E-state index is 12.0. The van der Waals surface area contributed by atoms with E-state index in [0.717, 1.165) is 18.7 Å². The molecule has 1 rings (SSSR count). The summed E-state index contributed by atoms with van der Waals surface area (Å²) in [5.41, 5.74) is 0.859. The molecule has 3 nitrogen and oxygen atoms in total. The van der Waals surface area contributed by atoms with E-state index in [1.54, 1.807) is 0 Å². The zero-order valence-electron chi connectivity index (χ0n) is 14.9. The van der Waals surface area contributed by atoms with Crippen molar-refractivity contribution in [3.8, 4) is 0 Å². The van der Waals surface area contributed by atoms with E-state index in [1.165, 1.54) is 0 Å². The van der Waals surface area contributed by atoms with Gasteiger partial charge in [-0.25, -0.2) is 0 Å². The van der Waals surface area contributed by atoms with Gasteiger partial charge in [-0.1, -0.05) is 45.9 Å². The first-order valence-corrected chi connectivity index (χ1v) is 11.0. The van der Waals surface area contributed by atoms with E-state index < -0.39 is 8.32 Å². The quantitative estimate of drug-likeness (QED) is 0.713. The summed E-state index contributed by atoms with van der Waals surface area (Å²) in [5.74, 6) is 0.402. The molecule has 0 spiro atoms. The van der Waals surface area contributed by atoms with Gasteiger partial charge >= 0.3 is 0 Å². The van der Waals surface area contributed by atoms with E-state index in [2.05, 4.69) is 46.1 Å². The molecule has 0 bridgehead atoms. The zero-order chi connectivity index (χ0) is 16.8. The number of amides is 1. The summed E-state index contributed by atoms with van der Waals surface area (Å²) < 4.78 is 6.17. The Morgan fingerprint density at radius 3 is 2.36 bits per heavy atom. The third-order valence-electron chi connectivity index (χ3n) is 4.47. The topological polar surface area (TPSA) is 38.3 Å². The number of nitrogens with one attached hydrogen (secondary N) is 1. The Balaban J connectivity index is 2.32. The average Bonchev–Trinajstić information content (AvgIpc) is 2.37. The lowest BCUT2D eigenvalue weighted by Gasteiger charge is -2.36. The van der Waals surface area contributed by atoms with Crippen LogP contribution in [-0.4, -0.2) is 20.8 Å². The van der Waals surface area contributed by atoms with Crippen molar-refractivity contribution in [2.45, 2.75) is 58.7 Å². The van der Waals surface area contributed by atoms with Crippen LogP contribution in [0.1, 0.15) is 40.5 Å². The van der Waals surface area contributed by atoms with Crippen molar-refractivity contribution >= 4 is 19.9 Å². The maximum Gasteiger partial charge on any atom is 0.224 e. The third kappa shape index (κ3) is 6.32. The number of carbonyl (C=O) groups is 1. The van der Waals surface area contributed by atoms with E-state index in [1.807, 2.05) is 30.3 Å². The molecule has 1 aromatic rings. The van der Waals surface area contributed by atoms with Gasteiger partial charge in [0.1, 0.15) is 0 Å². The van der Waals surface area contributed by atoms with Gasteiger partial charge < -0.3 is 9.74 Å². The van der Waals surface area contributed by atoms with Gasteiger partial charge in [0.05, 0.1) is 0 Å². The lowest BCUT2D eigenvalue weighted by atomic mass is 10.0. The second kappa shape index (κ2) is 7.93. The van der Waals surface area contributed by atoms with Gasteiger partial charge in [0.25, 0.3) is 0 Å². The molecule has 0 aliphatic rings. The van der Waals surface area contributed by atoms with Crippen molar-refractivity contribution in [1.82, 2.24) is 0 Å². The smallest absolute Gasteiger partial charge is 0.224 e. The standard InChI is InChI=1S/C18H31NO2Si/c1-15(12-13-21-22(5,6)18(2,3)4)14-17(20)19-16-10-8-7-9-11-16/h7-11,15H,12-14H2,1-6H3,(H,19,20). The van der Waals surface area contributed by atoms with E-state index in [9.17, 15) is 4.79 Å². The van der Waals surface area contributed by atoms with Gasteiger partial charge in [-0.3, -0.25) is 4.79 Å². The van der Waals surface area contributed by atoms with E-state index >= 15 is 0 Å². The lowest BCUT2D eigenvalue weighted by Crippen LogP contribution is -2.41. The predicted octanol–water partition coefficient (Wildman–Crippen LogP) is 5.06. The monoisotopic (exact) mass is 321 g/mol. The molecule has 0 aliphatic heterocycles. The molecular formula is C18H31NO2Si. The van der Waals surface area contributed by atoms with Gasteiger partial charge in [0, 0.05) is 18.7 Å². The predicted molar refractivity (Wildman–Crippen MR) is 96.6 cm³/mol.